The lowest BCUT2D eigenvalue weighted by Crippen LogP contribution is -2.50. The van der Waals surface area contributed by atoms with Crippen molar-refractivity contribution in [2.75, 3.05) is 13.2 Å². The smallest absolute Gasteiger partial charge is 0.408 e. The number of aliphatic hydroxyl groups excluding tert-OH is 1. The van der Waals surface area contributed by atoms with Crippen LogP contribution >= 0.6 is 0 Å². The highest BCUT2D eigenvalue weighted by Gasteiger charge is 2.29. The first-order valence-electron chi connectivity index (χ1n) is 8.01. The maximum Gasteiger partial charge on any atom is 0.408 e. The molecule has 0 saturated heterocycles. The molecule has 1 saturated carbocycles. The number of amides is 1. The molecular formula is C16H29NO5. The van der Waals surface area contributed by atoms with Crippen molar-refractivity contribution in [3.63, 3.8) is 0 Å². The van der Waals surface area contributed by atoms with Gasteiger partial charge < -0.3 is 19.9 Å². The number of Topliss-reactive ketones (excluding diaryl/α,β-unsaturated/α-hetero) is 1. The molecule has 22 heavy (non-hydrogen) atoms. The first kappa shape index (κ1) is 18.9. The molecule has 0 spiro atoms. The van der Waals surface area contributed by atoms with Gasteiger partial charge in [-0.25, -0.2) is 4.79 Å². The topological polar surface area (TPSA) is 84.9 Å². The lowest BCUT2D eigenvalue weighted by atomic mass is 10.1. The third-order valence-electron chi connectivity index (χ3n) is 3.43. The van der Waals surface area contributed by atoms with E-state index in [1.165, 1.54) is 12.8 Å². The maximum atomic E-state index is 11.8. The summed E-state index contributed by atoms with van der Waals surface area (Å²) in [6.45, 7) is 7.59. The van der Waals surface area contributed by atoms with E-state index in [1.807, 2.05) is 0 Å². The number of rotatable bonds is 9. The predicted octanol–water partition coefficient (Wildman–Crippen LogP) is 2.04. The van der Waals surface area contributed by atoms with Crippen LogP contribution in [0.15, 0.2) is 0 Å². The number of nitrogens with one attached hydrogen (secondary N) is 1. The molecule has 1 fully saturated rings. The van der Waals surface area contributed by atoms with E-state index in [1.54, 1.807) is 27.7 Å². The number of carbonyl (C=O) groups excluding carboxylic acids is 2. The van der Waals surface area contributed by atoms with Crippen LogP contribution in [0.25, 0.3) is 0 Å². The van der Waals surface area contributed by atoms with Gasteiger partial charge >= 0.3 is 6.09 Å². The van der Waals surface area contributed by atoms with Crippen molar-refractivity contribution >= 4 is 11.9 Å². The molecule has 0 aliphatic heterocycles. The minimum Gasteiger partial charge on any atom is -0.444 e. The Balaban J connectivity index is 2.47. The van der Waals surface area contributed by atoms with Gasteiger partial charge in [0.25, 0.3) is 0 Å². The van der Waals surface area contributed by atoms with Crippen molar-refractivity contribution < 1.29 is 24.2 Å². The molecule has 1 aliphatic rings. The van der Waals surface area contributed by atoms with Gasteiger partial charge in [0.15, 0.2) is 5.78 Å². The van der Waals surface area contributed by atoms with Gasteiger partial charge in [-0.1, -0.05) is 19.8 Å². The lowest BCUT2D eigenvalue weighted by molar-refractivity contribution is -0.129. The molecule has 2 atom stereocenters. The molecule has 0 heterocycles. The molecule has 6 heteroatoms. The van der Waals surface area contributed by atoms with Gasteiger partial charge in [0.05, 0.1) is 12.6 Å². The quantitative estimate of drug-likeness (QED) is 0.636. The van der Waals surface area contributed by atoms with E-state index in [2.05, 4.69) is 5.32 Å². The second-order valence-corrected chi connectivity index (χ2v) is 6.82. The first-order valence-corrected chi connectivity index (χ1v) is 8.01. The highest BCUT2D eigenvalue weighted by molar-refractivity contribution is 5.84. The summed E-state index contributed by atoms with van der Waals surface area (Å²) >= 11 is 0. The molecule has 6 nitrogen and oxygen atoms in total. The molecule has 0 aromatic carbocycles. The van der Waals surface area contributed by atoms with Crippen LogP contribution in [0.1, 0.15) is 53.4 Å². The Kier molecular flexibility index (Phi) is 7.29. The van der Waals surface area contributed by atoms with E-state index in [0.29, 0.717) is 6.61 Å². The number of carbonyl (C=O) groups is 2. The van der Waals surface area contributed by atoms with Crippen LogP contribution in [0.5, 0.6) is 0 Å². The van der Waals surface area contributed by atoms with Gasteiger partial charge in [-0.15, -0.1) is 0 Å². The first-order chi connectivity index (χ1) is 10.2. The van der Waals surface area contributed by atoms with Crippen LogP contribution in [0.4, 0.5) is 4.79 Å². The van der Waals surface area contributed by atoms with Crippen molar-refractivity contribution in [1.29, 1.82) is 0 Å². The monoisotopic (exact) mass is 315 g/mol. The number of hydrogen-bond donors (Lipinski definition) is 2. The normalized spacial score (nSPS) is 17.7. The highest BCUT2D eigenvalue weighted by Crippen LogP contribution is 2.32. The summed E-state index contributed by atoms with van der Waals surface area (Å²) in [7, 11) is 0. The Bertz CT molecular complexity index is 373. The van der Waals surface area contributed by atoms with Crippen molar-refractivity contribution in [2.24, 2.45) is 5.92 Å². The molecule has 1 aliphatic carbocycles. The zero-order valence-electron chi connectivity index (χ0n) is 14.1. The van der Waals surface area contributed by atoms with Crippen LogP contribution < -0.4 is 5.32 Å². The van der Waals surface area contributed by atoms with E-state index in [9.17, 15) is 14.7 Å². The summed E-state index contributed by atoms with van der Waals surface area (Å²) in [5, 5.41) is 12.6. The fraction of sp³-hybridized carbons (Fsp3) is 0.875. The Morgan fingerprint density at radius 3 is 2.45 bits per heavy atom. The number of ketones is 1. The van der Waals surface area contributed by atoms with Crippen LogP contribution in [0, 0.1) is 5.92 Å². The Hall–Kier alpha value is -1.14. The van der Waals surface area contributed by atoms with Gasteiger partial charge in [0.1, 0.15) is 11.7 Å². The predicted molar refractivity (Wildman–Crippen MR) is 82.6 cm³/mol. The van der Waals surface area contributed by atoms with Crippen LogP contribution in [-0.4, -0.2) is 47.9 Å². The Morgan fingerprint density at radius 2 is 1.95 bits per heavy atom. The largest absolute Gasteiger partial charge is 0.444 e. The number of aliphatic hydroxyl groups is 1. The molecule has 128 valence electrons. The third-order valence-corrected chi connectivity index (χ3v) is 3.43. The van der Waals surface area contributed by atoms with E-state index in [0.717, 1.165) is 12.3 Å². The van der Waals surface area contributed by atoms with Gasteiger partial charge in [-0.05, 0) is 33.1 Å². The fourth-order valence-corrected chi connectivity index (χ4v) is 1.97. The zero-order chi connectivity index (χ0) is 16.8. The Morgan fingerprint density at radius 1 is 1.32 bits per heavy atom. The zero-order valence-corrected chi connectivity index (χ0v) is 14.1. The standard InChI is InChI=1S/C16H29NO5/c1-5-13(18)14(19)12(10-21-9-8-11-6-7-11)17-15(20)22-16(2,3)4/h11-12,14,19H,5-10H2,1-4H3,(H,17,20)/t12-,14?/m0/s1. The van der Waals surface area contributed by atoms with Crippen molar-refractivity contribution in [2.45, 2.75) is 71.1 Å². The molecule has 0 aromatic heterocycles. The van der Waals surface area contributed by atoms with Gasteiger partial charge in [-0.2, -0.15) is 0 Å². The van der Waals surface area contributed by atoms with Gasteiger partial charge in [0.2, 0.25) is 0 Å². The SMILES string of the molecule is CCC(=O)C(O)[C@H](COCCC1CC1)NC(=O)OC(C)(C)C. The molecule has 1 rings (SSSR count). The van der Waals surface area contributed by atoms with Crippen molar-refractivity contribution in [1.82, 2.24) is 5.32 Å². The average molecular weight is 315 g/mol. The summed E-state index contributed by atoms with van der Waals surface area (Å²) < 4.78 is 10.7. The summed E-state index contributed by atoms with van der Waals surface area (Å²) in [5.41, 5.74) is -0.638. The van der Waals surface area contributed by atoms with Crippen LogP contribution in [0.2, 0.25) is 0 Å². The Labute approximate surface area is 132 Å². The van der Waals surface area contributed by atoms with E-state index >= 15 is 0 Å². The number of alkyl carbamates (subject to hydrolysis) is 1. The summed E-state index contributed by atoms with van der Waals surface area (Å²) in [6, 6.07) is -0.790. The highest BCUT2D eigenvalue weighted by atomic mass is 16.6. The number of hydrogen-bond acceptors (Lipinski definition) is 5. The van der Waals surface area contributed by atoms with E-state index < -0.39 is 23.8 Å². The lowest BCUT2D eigenvalue weighted by Gasteiger charge is -2.26. The van der Waals surface area contributed by atoms with Gasteiger partial charge in [0, 0.05) is 13.0 Å². The molecular weight excluding hydrogens is 286 g/mol. The summed E-state index contributed by atoms with van der Waals surface area (Å²) in [4.78, 5) is 23.5. The van der Waals surface area contributed by atoms with E-state index in [-0.39, 0.29) is 18.8 Å². The molecule has 1 unspecified atom stereocenters. The summed E-state index contributed by atoms with van der Waals surface area (Å²) in [6.07, 6.45) is 1.75. The molecule has 0 radical (unpaired) electrons. The van der Waals surface area contributed by atoms with E-state index in [4.69, 9.17) is 9.47 Å². The van der Waals surface area contributed by atoms with Crippen LogP contribution in [0.3, 0.4) is 0 Å². The molecule has 0 bridgehead atoms. The second-order valence-electron chi connectivity index (χ2n) is 6.82. The summed E-state index contributed by atoms with van der Waals surface area (Å²) in [5.74, 6) is 0.423. The second kappa shape index (κ2) is 8.48. The minimum absolute atomic E-state index is 0.0961. The van der Waals surface area contributed by atoms with Crippen LogP contribution in [-0.2, 0) is 14.3 Å². The maximum absolute atomic E-state index is 11.8. The molecule has 2 N–H and O–H groups in total. The third kappa shape index (κ3) is 7.75. The van der Waals surface area contributed by atoms with Gasteiger partial charge in [-0.3, -0.25) is 4.79 Å². The fourth-order valence-electron chi connectivity index (χ4n) is 1.97. The number of ether oxygens (including phenoxy) is 2. The molecule has 0 aromatic rings. The average Bonchev–Trinajstić information content (AvgIpc) is 3.22. The molecule has 1 amide bonds. The minimum atomic E-state index is -1.28. The van der Waals surface area contributed by atoms with Crippen molar-refractivity contribution in [3.8, 4) is 0 Å². The van der Waals surface area contributed by atoms with Crippen molar-refractivity contribution in [3.05, 3.63) is 0 Å².